The number of aromatic nitrogens is 1. The molecule has 2 rings (SSSR count). The molecule has 0 saturated carbocycles. The van der Waals surface area contributed by atoms with Crippen LogP contribution in [0.15, 0.2) is 36.5 Å². The second kappa shape index (κ2) is 6.34. The maximum Gasteiger partial charge on any atom is 0.255 e. The first kappa shape index (κ1) is 14.3. The number of hydrogen-bond acceptors (Lipinski definition) is 4. The van der Waals surface area contributed by atoms with Gasteiger partial charge in [-0.2, -0.15) is 0 Å². The standard InChI is InChI=1S/C14H11ClFNO3/c1-9(8-18)19-11-2-4-12(5-3-11)20-14-13(16)6-10(15)7-17-14/h2-9H,1H3/t9-/m0/s1. The van der Waals surface area contributed by atoms with Crippen LogP contribution in [0.5, 0.6) is 17.4 Å². The Morgan fingerprint density at radius 3 is 2.55 bits per heavy atom. The van der Waals surface area contributed by atoms with Gasteiger partial charge in [-0.3, -0.25) is 4.79 Å². The number of halogens is 2. The van der Waals surface area contributed by atoms with Crippen molar-refractivity contribution in [3.63, 3.8) is 0 Å². The Morgan fingerprint density at radius 1 is 1.30 bits per heavy atom. The predicted molar refractivity (Wildman–Crippen MR) is 71.9 cm³/mol. The molecule has 1 heterocycles. The van der Waals surface area contributed by atoms with Gasteiger partial charge in [0.05, 0.1) is 5.02 Å². The molecule has 0 bridgehead atoms. The number of ether oxygens (including phenoxy) is 2. The lowest BCUT2D eigenvalue weighted by atomic mass is 10.3. The Kier molecular flexibility index (Phi) is 4.53. The van der Waals surface area contributed by atoms with Crippen molar-refractivity contribution in [3.05, 3.63) is 47.4 Å². The van der Waals surface area contributed by atoms with E-state index in [1.807, 2.05) is 0 Å². The molecular weight excluding hydrogens is 285 g/mol. The highest BCUT2D eigenvalue weighted by Crippen LogP contribution is 2.25. The second-order valence-electron chi connectivity index (χ2n) is 3.97. The minimum atomic E-state index is -0.646. The van der Waals surface area contributed by atoms with Crippen LogP contribution in [0.3, 0.4) is 0 Å². The van der Waals surface area contributed by atoms with Gasteiger partial charge in [-0.05, 0) is 37.3 Å². The van der Waals surface area contributed by atoms with Gasteiger partial charge in [-0.25, -0.2) is 9.37 Å². The van der Waals surface area contributed by atoms with Crippen LogP contribution in [0.1, 0.15) is 6.92 Å². The maximum absolute atomic E-state index is 13.5. The summed E-state index contributed by atoms with van der Waals surface area (Å²) in [6.45, 7) is 1.63. The molecule has 0 spiro atoms. The molecule has 0 N–H and O–H groups in total. The summed E-state index contributed by atoms with van der Waals surface area (Å²) in [5.41, 5.74) is 0. The lowest BCUT2D eigenvalue weighted by Crippen LogP contribution is -2.12. The number of aldehydes is 1. The molecule has 6 heteroatoms. The van der Waals surface area contributed by atoms with Gasteiger partial charge in [-0.15, -0.1) is 0 Å². The molecule has 2 aromatic rings. The third kappa shape index (κ3) is 3.68. The van der Waals surface area contributed by atoms with Crippen molar-refractivity contribution in [1.82, 2.24) is 4.98 Å². The first-order valence-corrected chi connectivity index (χ1v) is 6.17. The number of nitrogens with zero attached hydrogens (tertiary/aromatic N) is 1. The number of rotatable bonds is 5. The van der Waals surface area contributed by atoms with Crippen molar-refractivity contribution in [3.8, 4) is 17.4 Å². The molecule has 20 heavy (non-hydrogen) atoms. The molecule has 0 saturated heterocycles. The second-order valence-corrected chi connectivity index (χ2v) is 4.41. The first-order valence-electron chi connectivity index (χ1n) is 5.79. The highest BCUT2D eigenvalue weighted by molar-refractivity contribution is 6.30. The fourth-order valence-electron chi connectivity index (χ4n) is 1.42. The van der Waals surface area contributed by atoms with Crippen LogP contribution < -0.4 is 9.47 Å². The smallest absolute Gasteiger partial charge is 0.255 e. The number of carbonyl (C=O) groups is 1. The van der Waals surface area contributed by atoms with E-state index in [0.29, 0.717) is 17.8 Å². The number of carbonyl (C=O) groups excluding carboxylic acids is 1. The monoisotopic (exact) mass is 295 g/mol. The van der Waals surface area contributed by atoms with Crippen LogP contribution in [0, 0.1) is 5.82 Å². The van der Waals surface area contributed by atoms with E-state index < -0.39 is 11.9 Å². The molecule has 1 aromatic carbocycles. The highest BCUT2D eigenvalue weighted by atomic mass is 35.5. The number of pyridine rings is 1. The van der Waals surface area contributed by atoms with Gasteiger partial charge < -0.3 is 9.47 Å². The molecule has 0 aliphatic carbocycles. The minimum absolute atomic E-state index is 0.163. The Hall–Kier alpha value is -2.14. The third-order valence-corrected chi connectivity index (χ3v) is 2.53. The summed E-state index contributed by atoms with van der Waals surface area (Å²) >= 11 is 5.60. The van der Waals surface area contributed by atoms with E-state index in [4.69, 9.17) is 21.1 Å². The molecule has 0 unspecified atom stereocenters. The third-order valence-electron chi connectivity index (χ3n) is 2.33. The zero-order valence-corrected chi connectivity index (χ0v) is 11.3. The van der Waals surface area contributed by atoms with Crippen molar-refractivity contribution >= 4 is 17.9 Å². The first-order chi connectivity index (χ1) is 9.58. The summed E-state index contributed by atoms with van der Waals surface area (Å²) in [4.78, 5) is 14.2. The van der Waals surface area contributed by atoms with Crippen LogP contribution in [-0.2, 0) is 4.79 Å². The zero-order valence-electron chi connectivity index (χ0n) is 10.5. The predicted octanol–water partition coefficient (Wildman–Crippen LogP) is 3.63. The molecular formula is C14H11ClFNO3. The number of hydrogen-bond donors (Lipinski definition) is 0. The molecule has 0 amide bonds. The fraction of sp³-hybridized carbons (Fsp3) is 0.143. The topological polar surface area (TPSA) is 48.4 Å². The maximum atomic E-state index is 13.5. The summed E-state index contributed by atoms with van der Waals surface area (Å²) in [7, 11) is 0. The molecule has 0 fully saturated rings. The summed E-state index contributed by atoms with van der Waals surface area (Å²) in [6.07, 6.45) is 1.46. The lowest BCUT2D eigenvalue weighted by molar-refractivity contribution is -0.113. The molecule has 1 atom stereocenters. The van der Waals surface area contributed by atoms with Crippen LogP contribution in [0.25, 0.3) is 0 Å². The van der Waals surface area contributed by atoms with E-state index in [1.165, 1.54) is 6.20 Å². The van der Waals surface area contributed by atoms with Gasteiger partial charge in [-0.1, -0.05) is 11.6 Å². The minimum Gasteiger partial charge on any atom is -0.483 e. The van der Waals surface area contributed by atoms with Crippen molar-refractivity contribution in [2.45, 2.75) is 13.0 Å². The van der Waals surface area contributed by atoms with Crippen LogP contribution in [-0.4, -0.2) is 17.4 Å². The summed E-state index contributed by atoms with van der Waals surface area (Å²) in [5.74, 6) is 0.100. The molecule has 104 valence electrons. The Balaban J connectivity index is 2.08. The average molecular weight is 296 g/mol. The van der Waals surface area contributed by atoms with E-state index in [2.05, 4.69) is 4.98 Å². The Labute approximate surface area is 120 Å². The van der Waals surface area contributed by atoms with E-state index in [1.54, 1.807) is 31.2 Å². The Bertz CT molecular complexity index is 604. The molecule has 0 aliphatic rings. The van der Waals surface area contributed by atoms with Crippen molar-refractivity contribution < 1.29 is 18.7 Å². The van der Waals surface area contributed by atoms with Gasteiger partial charge in [0.2, 0.25) is 0 Å². The van der Waals surface area contributed by atoms with Crippen LogP contribution in [0.4, 0.5) is 4.39 Å². The highest BCUT2D eigenvalue weighted by Gasteiger charge is 2.08. The molecule has 0 aliphatic heterocycles. The van der Waals surface area contributed by atoms with Gasteiger partial charge >= 0.3 is 0 Å². The van der Waals surface area contributed by atoms with Gasteiger partial charge in [0.1, 0.15) is 11.5 Å². The zero-order chi connectivity index (χ0) is 14.5. The van der Waals surface area contributed by atoms with Crippen LogP contribution >= 0.6 is 11.6 Å². The van der Waals surface area contributed by atoms with Crippen molar-refractivity contribution in [2.24, 2.45) is 0 Å². The van der Waals surface area contributed by atoms with Gasteiger partial charge in [0, 0.05) is 6.20 Å². The summed E-state index contributed by atoms with van der Waals surface area (Å²) < 4.78 is 24.1. The number of benzene rings is 1. The van der Waals surface area contributed by atoms with E-state index in [-0.39, 0.29) is 10.9 Å². The SMILES string of the molecule is C[C@@H](C=O)Oc1ccc(Oc2ncc(Cl)cc2F)cc1. The average Bonchev–Trinajstić information content (AvgIpc) is 2.44. The normalized spacial score (nSPS) is 11.8. The molecule has 1 aromatic heterocycles. The van der Waals surface area contributed by atoms with E-state index in [0.717, 1.165) is 6.07 Å². The molecule has 4 nitrogen and oxygen atoms in total. The summed E-state index contributed by atoms with van der Waals surface area (Å²) in [6, 6.07) is 7.52. The summed E-state index contributed by atoms with van der Waals surface area (Å²) in [5, 5.41) is 0.196. The molecule has 0 radical (unpaired) electrons. The largest absolute Gasteiger partial charge is 0.483 e. The van der Waals surface area contributed by atoms with E-state index >= 15 is 0 Å². The lowest BCUT2D eigenvalue weighted by Gasteiger charge is -2.10. The van der Waals surface area contributed by atoms with E-state index in [9.17, 15) is 9.18 Å². The Morgan fingerprint density at radius 2 is 1.95 bits per heavy atom. The van der Waals surface area contributed by atoms with Crippen molar-refractivity contribution in [2.75, 3.05) is 0 Å². The fourth-order valence-corrected chi connectivity index (χ4v) is 1.56. The van der Waals surface area contributed by atoms with Crippen molar-refractivity contribution in [1.29, 1.82) is 0 Å². The quantitative estimate of drug-likeness (QED) is 0.790. The van der Waals surface area contributed by atoms with Crippen LogP contribution in [0.2, 0.25) is 5.02 Å². The van der Waals surface area contributed by atoms with Gasteiger partial charge in [0.25, 0.3) is 5.88 Å². The van der Waals surface area contributed by atoms with Gasteiger partial charge in [0.15, 0.2) is 18.2 Å².